The van der Waals surface area contributed by atoms with Crippen molar-refractivity contribution in [3.05, 3.63) is 82.2 Å². The van der Waals surface area contributed by atoms with E-state index in [2.05, 4.69) is 17.1 Å². The van der Waals surface area contributed by atoms with Crippen LogP contribution in [0.1, 0.15) is 18.4 Å². The van der Waals surface area contributed by atoms with Crippen molar-refractivity contribution in [3.63, 3.8) is 0 Å². The number of pyridine rings is 1. The molecule has 33 heavy (non-hydrogen) atoms. The summed E-state index contributed by atoms with van der Waals surface area (Å²) in [5, 5.41) is 2.94. The number of fused-ring (bicyclic) bond motifs is 3. The first-order valence-corrected chi connectivity index (χ1v) is 13.4. The van der Waals surface area contributed by atoms with Crippen molar-refractivity contribution in [2.45, 2.75) is 17.6 Å². The lowest BCUT2D eigenvalue weighted by Crippen LogP contribution is -2.21. The van der Waals surface area contributed by atoms with E-state index in [-0.39, 0.29) is 5.69 Å². The Labute approximate surface area is 194 Å². The van der Waals surface area contributed by atoms with E-state index in [1.807, 2.05) is 47.8 Å². The molecule has 166 valence electrons. The molecule has 1 fully saturated rings. The molecule has 0 spiro atoms. The summed E-state index contributed by atoms with van der Waals surface area (Å²) in [6, 6.07) is 17.6. The molecule has 0 amide bonds. The van der Waals surface area contributed by atoms with E-state index in [4.69, 9.17) is 0 Å². The van der Waals surface area contributed by atoms with Crippen LogP contribution in [0.3, 0.4) is 0 Å². The summed E-state index contributed by atoms with van der Waals surface area (Å²) in [6.45, 7) is 0. The third kappa shape index (κ3) is 2.94. The number of aryl methyl sites for hydroxylation is 1. The van der Waals surface area contributed by atoms with Crippen molar-refractivity contribution in [1.82, 2.24) is 14.1 Å². The first-order chi connectivity index (χ1) is 15.8. The molecule has 3 heterocycles. The Hall–Kier alpha value is -3.23. The van der Waals surface area contributed by atoms with Crippen LogP contribution in [-0.2, 0) is 21.6 Å². The van der Waals surface area contributed by atoms with Gasteiger partial charge < -0.3 is 0 Å². The normalized spacial score (nSPS) is 15.3. The van der Waals surface area contributed by atoms with Gasteiger partial charge in [-0.15, -0.1) is 11.3 Å². The van der Waals surface area contributed by atoms with Gasteiger partial charge in [-0.2, -0.15) is 0 Å². The standard InChI is InChI=1S/C25H21N3O3S2/c1-27-21-15-26-20-10-5-16(22-4-3-13-32-22)14-19(20)23(21)28(24(27)29)18-8-6-17(7-9-18)25(11-12-25)33(2,30)31/h3-10,13-15H,11-12H2,1-2H3. The van der Waals surface area contributed by atoms with E-state index >= 15 is 0 Å². The molecule has 3 aromatic heterocycles. The van der Waals surface area contributed by atoms with Crippen LogP contribution in [0.2, 0.25) is 0 Å². The van der Waals surface area contributed by atoms with Gasteiger partial charge in [0.2, 0.25) is 0 Å². The van der Waals surface area contributed by atoms with Gasteiger partial charge in [-0.3, -0.25) is 14.1 Å². The van der Waals surface area contributed by atoms with Gasteiger partial charge in [0.15, 0.2) is 9.84 Å². The Morgan fingerprint density at radius 2 is 1.82 bits per heavy atom. The smallest absolute Gasteiger partial charge is 0.293 e. The zero-order valence-electron chi connectivity index (χ0n) is 18.1. The second-order valence-corrected chi connectivity index (χ2v) is 12.0. The summed E-state index contributed by atoms with van der Waals surface area (Å²) in [7, 11) is -1.45. The van der Waals surface area contributed by atoms with Crippen molar-refractivity contribution in [3.8, 4) is 16.1 Å². The van der Waals surface area contributed by atoms with Crippen LogP contribution < -0.4 is 5.69 Å². The molecule has 6 rings (SSSR count). The van der Waals surface area contributed by atoms with Crippen molar-refractivity contribution < 1.29 is 8.42 Å². The van der Waals surface area contributed by atoms with E-state index in [0.717, 1.165) is 37.9 Å². The minimum absolute atomic E-state index is 0.169. The van der Waals surface area contributed by atoms with E-state index in [1.54, 1.807) is 33.7 Å². The molecule has 1 saturated carbocycles. The Kier molecular flexibility index (Phi) is 4.25. The molecule has 0 bridgehead atoms. The number of hydrogen-bond donors (Lipinski definition) is 0. The number of hydrogen-bond acceptors (Lipinski definition) is 5. The van der Waals surface area contributed by atoms with Crippen LogP contribution in [0.25, 0.3) is 38.1 Å². The van der Waals surface area contributed by atoms with Gasteiger partial charge in [-0.05, 0) is 59.7 Å². The van der Waals surface area contributed by atoms with Crippen LogP contribution in [0, 0.1) is 0 Å². The predicted octanol–water partition coefficient (Wildman–Crippen LogP) is 4.64. The third-order valence-electron chi connectivity index (χ3n) is 6.75. The summed E-state index contributed by atoms with van der Waals surface area (Å²) < 4.78 is 27.2. The topological polar surface area (TPSA) is 74.0 Å². The second kappa shape index (κ2) is 6.88. The Morgan fingerprint density at radius 3 is 2.45 bits per heavy atom. The molecule has 0 atom stereocenters. The van der Waals surface area contributed by atoms with Crippen molar-refractivity contribution in [1.29, 1.82) is 0 Å². The zero-order chi connectivity index (χ0) is 23.0. The summed E-state index contributed by atoms with van der Waals surface area (Å²) >= 11 is 1.67. The molecule has 0 N–H and O–H groups in total. The third-order valence-corrected chi connectivity index (χ3v) is 9.74. The number of rotatable bonds is 4. The number of thiophene rings is 1. The first-order valence-electron chi connectivity index (χ1n) is 10.6. The molecule has 5 aromatic rings. The van der Waals surface area contributed by atoms with Gasteiger partial charge in [0.1, 0.15) is 0 Å². The fourth-order valence-corrected chi connectivity index (χ4v) is 6.87. The second-order valence-electron chi connectivity index (χ2n) is 8.69. The highest BCUT2D eigenvalue weighted by atomic mass is 32.2. The fraction of sp³-hybridized carbons (Fsp3) is 0.200. The molecule has 0 unspecified atom stereocenters. The van der Waals surface area contributed by atoms with Gasteiger partial charge in [-0.1, -0.05) is 24.3 Å². The lowest BCUT2D eigenvalue weighted by Gasteiger charge is -2.14. The molecule has 8 heteroatoms. The van der Waals surface area contributed by atoms with E-state index in [9.17, 15) is 13.2 Å². The summed E-state index contributed by atoms with van der Waals surface area (Å²) in [5.74, 6) is 0. The summed E-state index contributed by atoms with van der Waals surface area (Å²) in [4.78, 5) is 19.0. The summed E-state index contributed by atoms with van der Waals surface area (Å²) in [5.41, 5.74) is 4.75. The fourth-order valence-electron chi connectivity index (χ4n) is 4.73. The van der Waals surface area contributed by atoms with Crippen LogP contribution in [-0.4, -0.2) is 28.8 Å². The Bertz CT molecular complexity index is 1710. The van der Waals surface area contributed by atoms with Crippen molar-refractivity contribution in [2.24, 2.45) is 7.05 Å². The number of benzene rings is 2. The number of sulfone groups is 1. The quantitative estimate of drug-likeness (QED) is 0.380. The van der Waals surface area contributed by atoms with Crippen LogP contribution in [0.5, 0.6) is 0 Å². The van der Waals surface area contributed by atoms with E-state index in [0.29, 0.717) is 18.5 Å². The largest absolute Gasteiger partial charge is 0.333 e. The molecular formula is C25H21N3O3S2. The molecule has 0 radical (unpaired) electrons. The maximum Gasteiger partial charge on any atom is 0.333 e. The van der Waals surface area contributed by atoms with Gasteiger partial charge in [0.25, 0.3) is 0 Å². The molecule has 1 aliphatic rings. The zero-order valence-corrected chi connectivity index (χ0v) is 19.8. The number of imidazole rings is 1. The minimum Gasteiger partial charge on any atom is -0.293 e. The summed E-state index contributed by atoms with van der Waals surface area (Å²) in [6.07, 6.45) is 4.31. The highest BCUT2D eigenvalue weighted by Gasteiger charge is 2.53. The van der Waals surface area contributed by atoms with Crippen LogP contribution in [0.15, 0.2) is 71.0 Å². The van der Waals surface area contributed by atoms with Crippen LogP contribution >= 0.6 is 11.3 Å². The molecule has 0 saturated heterocycles. The van der Waals surface area contributed by atoms with Crippen molar-refractivity contribution in [2.75, 3.05) is 6.26 Å². The minimum atomic E-state index is -3.20. The Morgan fingerprint density at radius 1 is 1.06 bits per heavy atom. The number of nitrogens with zero attached hydrogens (tertiary/aromatic N) is 3. The SMILES string of the molecule is Cn1c(=O)n(-c2ccc(C3(S(C)(=O)=O)CC3)cc2)c2c3cc(-c4cccs4)ccc3ncc21. The predicted molar refractivity (Wildman–Crippen MR) is 133 cm³/mol. The molecule has 6 nitrogen and oxygen atoms in total. The molecule has 0 aliphatic heterocycles. The number of aromatic nitrogens is 3. The van der Waals surface area contributed by atoms with E-state index < -0.39 is 14.6 Å². The molecule has 2 aromatic carbocycles. The highest BCUT2D eigenvalue weighted by molar-refractivity contribution is 7.92. The molecular weight excluding hydrogens is 454 g/mol. The lowest BCUT2D eigenvalue weighted by molar-refractivity contribution is 0.586. The van der Waals surface area contributed by atoms with Crippen LogP contribution in [0.4, 0.5) is 0 Å². The van der Waals surface area contributed by atoms with Crippen molar-refractivity contribution >= 4 is 43.1 Å². The first kappa shape index (κ1) is 20.4. The van der Waals surface area contributed by atoms with Gasteiger partial charge in [0.05, 0.1) is 33.2 Å². The van der Waals surface area contributed by atoms with Gasteiger partial charge >= 0.3 is 5.69 Å². The van der Waals surface area contributed by atoms with Gasteiger partial charge in [0, 0.05) is 23.6 Å². The maximum absolute atomic E-state index is 13.3. The average molecular weight is 476 g/mol. The van der Waals surface area contributed by atoms with E-state index in [1.165, 1.54) is 6.26 Å². The monoisotopic (exact) mass is 475 g/mol. The molecule has 1 aliphatic carbocycles. The van der Waals surface area contributed by atoms with Gasteiger partial charge in [-0.25, -0.2) is 13.2 Å². The highest BCUT2D eigenvalue weighted by Crippen LogP contribution is 2.52. The Balaban J connectivity index is 1.59. The maximum atomic E-state index is 13.3. The lowest BCUT2D eigenvalue weighted by atomic mass is 10.1. The average Bonchev–Trinajstić information content (AvgIpc) is 3.38.